The zero-order valence-electron chi connectivity index (χ0n) is 11.1. The summed E-state index contributed by atoms with van der Waals surface area (Å²) in [7, 11) is 3.77. The lowest BCUT2D eigenvalue weighted by molar-refractivity contribution is 0.171. The van der Waals surface area contributed by atoms with Crippen LogP contribution >= 0.6 is 15.9 Å². The van der Waals surface area contributed by atoms with Gasteiger partial charge in [0.15, 0.2) is 0 Å². The van der Waals surface area contributed by atoms with E-state index in [1.165, 1.54) is 15.6 Å². The van der Waals surface area contributed by atoms with Crippen molar-refractivity contribution in [1.82, 2.24) is 5.32 Å². The number of halogens is 1. The van der Waals surface area contributed by atoms with Crippen LogP contribution in [0.4, 0.5) is 0 Å². The van der Waals surface area contributed by atoms with Gasteiger partial charge in [-0.3, -0.25) is 0 Å². The van der Waals surface area contributed by atoms with Gasteiger partial charge < -0.3 is 10.1 Å². The molecule has 0 amide bonds. The highest BCUT2D eigenvalue weighted by atomic mass is 79.9. The zero-order chi connectivity index (χ0) is 12.8. The van der Waals surface area contributed by atoms with Gasteiger partial charge >= 0.3 is 0 Å². The average Bonchev–Trinajstić information content (AvgIpc) is 2.32. The average molecular weight is 300 g/mol. The third-order valence-electron chi connectivity index (χ3n) is 3.21. The van der Waals surface area contributed by atoms with Crippen molar-refractivity contribution in [2.45, 2.75) is 26.3 Å². The number of aryl methyl sites for hydroxylation is 1. The van der Waals surface area contributed by atoms with E-state index in [2.05, 4.69) is 53.3 Å². The van der Waals surface area contributed by atoms with Crippen molar-refractivity contribution in [3.63, 3.8) is 0 Å². The molecule has 0 saturated carbocycles. The maximum absolute atomic E-state index is 5.15. The van der Waals surface area contributed by atoms with Crippen molar-refractivity contribution in [3.8, 4) is 0 Å². The second-order valence-corrected chi connectivity index (χ2v) is 5.39. The molecule has 96 valence electrons. The summed E-state index contributed by atoms with van der Waals surface area (Å²) in [4.78, 5) is 0. The van der Waals surface area contributed by atoms with Crippen LogP contribution in [0.3, 0.4) is 0 Å². The van der Waals surface area contributed by atoms with Crippen LogP contribution < -0.4 is 5.32 Å². The number of nitrogens with one attached hydrogen (secondary N) is 1. The lowest BCUT2D eigenvalue weighted by atomic mass is 9.92. The minimum Gasteiger partial charge on any atom is -0.385 e. The number of hydrogen-bond donors (Lipinski definition) is 1. The van der Waals surface area contributed by atoms with Crippen molar-refractivity contribution in [3.05, 3.63) is 33.8 Å². The number of benzene rings is 1. The van der Waals surface area contributed by atoms with Gasteiger partial charge in [0.2, 0.25) is 0 Å². The Bertz CT molecular complexity index is 354. The van der Waals surface area contributed by atoms with Crippen molar-refractivity contribution in [2.75, 3.05) is 20.8 Å². The first-order valence-corrected chi connectivity index (χ1v) is 6.81. The van der Waals surface area contributed by atoms with Gasteiger partial charge in [0.25, 0.3) is 0 Å². The molecule has 1 aromatic carbocycles. The van der Waals surface area contributed by atoms with E-state index in [9.17, 15) is 0 Å². The normalized spacial score (nSPS) is 14.6. The van der Waals surface area contributed by atoms with Crippen molar-refractivity contribution in [1.29, 1.82) is 0 Å². The summed E-state index contributed by atoms with van der Waals surface area (Å²) >= 11 is 3.59. The minimum atomic E-state index is 0.377. The third kappa shape index (κ3) is 4.09. The maximum Gasteiger partial charge on any atom is 0.0465 e. The molecule has 0 aliphatic carbocycles. The van der Waals surface area contributed by atoms with Gasteiger partial charge in [-0.05, 0) is 43.5 Å². The highest BCUT2D eigenvalue weighted by Crippen LogP contribution is 2.27. The SMILES string of the molecule is CNC(c1ccc(C)c(Br)c1)C(C)CCOC. The molecule has 0 aliphatic heterocycles. The first-order chi connectivity index (χ1) is 8.10. The molecule has 0 radical (unpaired) electrons. The first kappa shape index (κ1) is 14.7. The molecule has 17 heavy (non-hydrogen) atoms. The standard InChI is InChI=1S/C14H22BrNO/c1-10-5-6-12(9-13(10)15)14(16-3)11(2)7-8-17-4/h5-6,9,11,14,16H,7-8H2,1-4H3. The van der Waals surface area contributed by atoms with E-state index in [1.807, 2.05) is 7.05 Å². The number of rotatable bonds is 6. The van der Waals surface area contributed by atoms with E-state index in [-0.39, 0.29) is 0 Å². The third-order valence-corrected chi connectivity index (χ3v) is 4.07. The second-order valence-electron chi connectivity index (χ2n) is 4.53. The fraction of sp³-hybridized carbons (Fsp3) is 0.571. The summed E-state index contributed by atoms with van der Waals surface area (Å²) in [6.45, 7) is 5.18. The van der Waals surface area contributed by atoms with E-state index < -0.39 is 0 Å². The highest BCUT2D eigenvalue weighted by molar-refractivity contribution is 9.10. The van der Waals surface area contributed by atoms with E-state index >= 15 is 0 Å². The lowest BCUT2D eigenvalue weighted by Crippen LogP contribution is -2.24. The Morgan fingerprint density at radius 2 is 2.12 bits per heavy atom. The monoisotopic (exact) mass is 299 g/mol. The summed E-state index contributed by atoms with van der Waals surface area (Å²) in [6, 6.07) is 6.94. The molecule has 0 saturated heterocycles. The molecule has 1 aromatic rings. The largest absolute Gasteiger partial charge is 0.385 e. The molecule has 0 spiro atoms. The lowest BCUT2D eigenvalue weighted by Gasteiger charge is -2.24. The Kier molecular flexibility index (Phi) is 6.17. The predicted molar refractivity (Wildman–Crippen MR) is 76.3 cm³/mol. The van der Waals surface area contributed by atoms with Gasteiger partial charge in [-0.25, -0.2) is 0 Å². The molecule has 0 aliphatic rings. The van der Waals surface area contributed by atoms with Crippen molar-refractivity contribution >= 4 is 15.9 Å². The van der Waals surface area contributed by atoms with Gasteiger partial charge in [0.05, 0.1) is 0 Å². The van der Waals surface area contributed by atoms with Gasteiger partial charge in [-0.1, -0.05) is 35.0 Å². The fourth-order valence-corrected chi connectivity index (χ4v) is 2.45. The van der Waals surface area contributed by atoms with Crippen LogP contribution in [0.25, 0.3) is 0 Å². The molecule has 1 N–H and O–H groups in total. The molecule has 2 atom stereocenters. The molecular formula is C14H22BrNO. The van der Waals surface area contributed by atoms with Crippen molar-refractivity contribution in [2.24, 2.45) is 5.92 Å². The van der Waals surface area contributed by atoms with Crippen LogP contribution in [-0.2, 0) is 4.74 Å². The number of methoxy groups -OCH3 is 1. The van der Waals surface area contributed by atoms with Crippen LogP contribution in [0.15, 0.2) is 22.7 Å². The summed E-state index contributed by atoms with van der Waals surface area (Å²) in [5.41, 5.74) is 2.60. The topological polar surface area (TPSA) is 21.3 Å². The molecule has 3 heteroatoms. The van der Waals surface area contributed by atoms with Gasteiger partial charge in [0, 0.05) is 24.2 Å². The van der Waals surface area contributed by atoms with Gasteiger partial charge in [-0.15, -0.1) is 0 Å². The molecule has 0 fully saturated rings. The van der Waals surface area contributed by atoms with Crippen LogP contribution in [0, 0.1) is 12.8 Å². The van der Waals surface area contributed by atoms with E-state index in [1.54, 1.807) is 7.11 Å². The molecule has 2 unspecified atom stereocenters. The van der Waals surface area contributed by atoms with E-state index in [0.29, 0.717) is 12.0 Å². The Balaban J connectivity index is 2.81. The number of ether oxygens (including phenoxy) is 1. The molecular weight excluding hydrogens is 278 g/mol. The molecule has 2 nitrogen and oxygen atoms in total. The van der Waals surface area contributed by atoms with Crippen molar-refractivity contribution < 1.29 is 4.74 Å². The summed E-state index contributed by atoms with van der Waals surface area (Å²) in [5, 5.41) is 3.40. The summed E-state index contributed by atoms with van der Waals surface area (Å²) in [5.74, 6) is 0.551. The Morgan fingerprint density at radius 1 is 1.41 bits per heavy atom. The van der Waals surface area contributed by atoms with Crippen LogP contribution in [0.2, 0.25) is 0 Å². The molecule has 1 rings (SSSR count). The van der Waals surface area contributed by atoms with Gasteiger partial charge in [0.1, 0.15) is 0 Å². The molecule has 0 bridgehead atoms. The minimum absolute atomic E-state index is 0.377. The van der Waals surface area contributed by atoms with E-state index in [0.717, 1.165) is 13.0 Å². The second kappa shape index (κ2) is 7.14. The first-order valence-electron chi connectivity index (χ1n) is 6.02. The molecule has 0 heterocycles. The summed E-state index contributed by atoms with van der Waals surface area (Å²) in [6.07, 6.45) is 1.06. The Morgan fingerprint density at radius 3 is 2.65 bits per heavy atom. The highest BCUT2D eigenvalue weighted by Gasteiger charge is 2.17. The van der Waals surface area contributed by atoms with E-state index in [4.69, 9.17) is 4.74 Å². The quantitative estimate of drug-likeness (QED) is 0.865. The zero-order valence-corrected chi connectivity index (χ0v) is 12.7. The Hall–Kier alpha value is -0.380. The summed E-state index contributed by atoms with van der Waals surface area (Å²) < 4.78 is 6.32. The fourth-order valence-electron chi connectivity index (χ4n) is 2.05. The Labute approximate surface area is 113 Å². The predicted octanol–water partition coefficient (Wildman–Crippen LogP) is 3.69. The van der Waals surface area contributed by atoms with Crippen LogP contribution in [-0.4, -0.2) is 20.8 Å². The smallest absolute Gasteiger partial charge is 0.0465 e. The van der Waals surface area contributed by atoms with Crippen LogP contribution in [0.5, 0.6) is 0 Å². The van der Waals surface area contributed by atoms with Gasteiger partial charge in [-0.2, -0.15) is 0 Å². The molecule has 0 aromatic heterocycles. The number of hydrogen-bond acceptors (Lipinski definition) is 2. The van der Waals surface area contributed by atoms with Crippen LogP contribution in [0.1, 0.15) is 30.5 Å². The maximum atomic E-state index is 5.15.